The minimum atomic E-state index is -0.563. The Labute approximate surface area is 84.1 Å². The van der Waals surface area contributed by atoms with Gasteiger partial charge in [-0.15, -0.1) is 0 Å². The lowest BCUT2D eigenvalue weighted by Crippen LogP contribution is -2.06. The van der Waals surface area contributed by atoms with Crippen LogP contribution in [0, 0.1) is 11.3 Å². The molecular formula is C10H15NO3. The quantitative estimate of drug-likeness (QED) is 0.280. The minimum Gasteiger partial charge on any atom is -0.462 e. The summed E-state index contributed by atoms with van der Waals surface area (Å²) in [4.78, 5) is 11.1. The number of carbonyl (C=O) groups excluding carboxylic acids is 1. The van der Waals surface area contributed by atoms with Crippen molar-refractivity contribution in [3.63, 3.8) is 0 Å². The van der Waals surface area contributed by atoms with Gasteiger partial charge in [-0.1, -0.05) is 6.08 Å². The zero-order valence-electron chi connectivity index (χ0n) is 8.58. The second kappa shape index (κ2) is 8.27. The van der Waals surface area contributed by atoms with Gasteiger partial charge in [0.1, 0.15) is 11.6 Å². The van der Waals surface area contributed by atoms with Gasteiger partial charge in [-0.05, 0) is 20.3 Å². The van der Waals surface area contributed by atoms with Crippen LogP contribution in [0.1, 0.15) is 20.3 Å². The van der Waals surface area contributed by atoms with E-state index in [1.54, 1.807) is 13.0 Å². The molecule has 4 heteroatoms. The van der Waals surface area contributed by atoms with E-state index in [0.717, 1.165) is 0 Å². The van der Waals surface area contributed by atoms with Crippen LogP contribution in [0.4, 0.5) is 0 Å². The van der Waals surface area contributed by atoms with Crippen LogP contribution in [-0.2, 0) is 14.3 Å². The summed E-state index contributed by atoms with van der Waals surface area (Å²) in [6.07, 6.45) is 2.09. The highest BCUT2D eigenvalue weighted by molar-refractivity contribution is 5.92. The number of esters is 1. The number of rotatable bonds is 6. The molecule has 0 spiro atoms. The van der Waals surface area contributed by atoms with Crippen molar-refractivity contribution >= 4 is 5.97 Å². The Morgan fingerprint density at radius 1 is 1.43 bits per heavy atom. The maximum absolute atomic E-state index is 11.1. The van der Waals surface area contributed by atoms with E-state index < -0.39 is 5.97 Å². The van der Waals surface area contributed by atoms with Crippen LogP contribution < -0.4 is 0 Å². The van der Waals surface area contributed by atoms with Gasteiger partial charge in [-0.3, -0.25) is 0 Å². The molecule has 0 fully saturated rings. The largest absolute Gasteiger partial charge is 0.462 e. The standard InChI is InChI=1S/C10H15NO3/c1-3-13-7-5-6-9(8-11)10(12)14-4-2/h6H,3-5,7H2,1-2H3. The molecule has 0 aromatic heterocycles. The van der Waals surface area contributed by atoms with Crippen LogP contribution >= 0.6 is 0 Å². The topological polar surface area (TPSA) is 59.3 Å². The normalized spacial score (nSPS) is 10.8. The molecule has 0 radical (unpaired) electrons. The Bertz CT molecular complexity index is 240. The van der Waals surface area contributed by atoms with Gasteiger partial charge >= 0.3 is 5.97 Å². The monoisotopic (exact) mass is 197 g/mol. The van der Waals surface area contributed by atoms with E-state index >= 15 is 0 Å². The van der Waals surface area contributed by atoms with Crippen molar-refractivity contribution in [2.24, 2.45) is 0 Å². The van der Waals surface area contributed by atoms with E-state index in [1.807, 2.05) is 6.92 Å². The third kappa shape index (κ3) is 5.33. The second-order valence-electron chi connectivity index (χ2n) is 2.44. The van der Waals surface area contributed by atoms with Crippen molar-refractivity contribution < 1.29 is 14.3 Å². The summed E-state index contributed by atoms with van der Waals surface area (Å²) in [6.45, 7) is 5.02. The van der Waals surface area contributed by atoms with Crippen LogP contribution in [-0.4, -0.2) is 25.8 Å². The van der Waals surface area contributed by atoms with Gasteiger partial charge in [0.2, 0.25) is 0 Å². The molecule has 78 valence electrons. The van der Waals surface area contributed by atoms with Gasteiger partial charge in [0.05, 0.1) is 13.2 Å². The summed E-state index contributed by atoms with van der Waals surface area (Å²) in [6, 6.07) is 1.79. The summed E-state index contributed by atoms with van der Waals surface area (Å²) in [5.41, 5.74) is 0.0477. The van der Waals surface area contributed by atoms with Gasteiger partial charge in [-0.2, -0.15) is 5.26 Å². The lowest BCUT2D eigenvalue weighted by atomic mass is 10.2. The first-order valence-electron chi connectivity index (χ1n) is 4.61. The fourth-order valence-corrected chi connectivity index (χ4v) is 0.814. The maximum Gasteiger partial charge on any atom is 0.348 e. The molecule has 0 aliphatic carbocycles. The van der Waals surface area contributed by atoms with Crippen molar-refractivity contribution in [1.82, 2.24) is 0 Å². The lowest BCUT2D eigenvalue weighted by molar-refractivity contribution is -0.138. The van der Waals surface area contributed by atoms with E-state index in [0.29, 0.717) is 19.6 Å². The molecular weight excluding hydrogens is 182 g/mol. The highest BCUT2D eigenvalue weighted by Gasteiger charge is 2.08. The number of hydrogen-bond acceptors (Lipinski definition) is 4. The van der Waals surface area contributed by atoms with E-state index in [-0.39, 0.29) is 12.2 Å². The van der Waals surface area contributed by atoms with Gasteiger partial charge < -0.3 is 9.47 Å². The molecule has 0 aliphatic rings. The Hall–Kier alpha value is -1.34. The predicted octanol–water partition coefficient (Wildman–Crippen LogP) is 1.43. The maximum atomic E-state index is 11.1. The van der Waals surface area contributed by atoms with Crippen LogP contribution in [0.25, 0.3) is 0 Å². The van der Waals surface area contributed by atoms with Crippen molar-refractivity contribution in [2.75, 3.05) is 19.8 Å². The Morgan fingerprint density at radius 3 is 2.64 bits per heavy atom. The van der Waals surface area contributed by atoms with Crippen LogP contribution in [0.5, 0.6) is 0 Å². The molecule has 0 aromatic rings. The summed E-state index contributed by atoms with van der Waals surface area (Å²) in [5, 5.41) is 8.62. The van der Waals surface area contributed by atoms with Crippen molar-refractivity contribution in [3.8, 4) is 6.07 Å². The number of hydrogen-bond donors (Lipinski definition) is 0. The van der Waals surface area contributed by atoms with Crippen molar-refractivity contribution in [2.45, 2.75) is 20.3 Å². The molecule has 0 aliphatic heterocycles. The average Bonchev–Trinajstić information content (AvgIpc) is 2.18. The first kappa shape index (κ1) is 12.7. The van der Waals surface area contributed by atoms with Crippen LogP contribution in [0.2, 0.25) is 0 Å². The molecule has 0 saturated heterocycles. The molecule has 4 nitrogen and oxygen atoms in total. The molecule has 0 bridgehead atoms. The van der Waals surface area contributed by atoms with Gasteiger partial charge in [-0.25, -0.2) is 4.79 Å². The van der Waals surface area contributed by atoms with Gasteiger partial charge in [0.15, 0.2) is 0 Å². The molecule has 0 atom stereocenters. The zero-order chi connectivity index (χ0) is 10.8. The fourth-order valence-electron chi connectivity index (χ4n) is 0.814. The predicted molar refractivity (Wildman–Crippen MR) is 51.4 cm³/mol. The third-order valence-electron chi connectivity index (χ3n) is 1.43. The number of carbonyl (C=O) groups is 1. The van der Waals surface area contributed by atoms with E-state index in [2.05, 4.69) is 4.74 Å². The number of nitriles is 1. The third-order valence-corrected chi connectivity index (χ3v) is 1.43. The SMILES string of the molecule is CCOCCC=C(C#N)C(=O)OCC. The molecule has 0 rings (SSSR count). The summed E-state index contributed by atoms with van der Waals surface area (Å²) in [7, 11) is 0. The lowest BCUT2D eigenvalue weighted by Gasteiger charge is -1.99. The fraction of sp³-hybridized carbons (Fsp3) is 0.600. The number of ether oxygens (including phenoxy) is 2. The highest BCUT2D eigenvalue weighted by Crippen LogP contribution is 1.99. The smallest absolute Gasteiger partial charge is 0.348 e. The summed E-state index contributed by atoms with van der Waals surface area (Å²) in [5.74, 6) is -0.563. The summed E-state index contributed by atoms with van der Waals surface area (Å²) < 4.78 is 9.74. The Morgan fingerprint density at radius 2 is 2.14 bits per heavy atom. The van der Waals surface area contributed by atoms with E-state index in [9.17, 15) is 4.79 Å². The minimum absolute atomic E-state index is 0.0477. The molecule has 14 heavy (non-hydrogen) atoms. The summed E-state index contributed by atoms with van der Waals surface area (Å²) >= 11 is 0. The first-order valence-corrected chi connectivity index (χ1v) is 4.61. The molecule has 0 N–H and O–H groups in total. The van der Waals surface area contributed by atoms with Gasteiger partial charge in [0, 0.05) is 6.61 Å². The highest BCUT2D eigenvalue weighted by atomic mass is 16.5. The Kier molecular flexibility index (Phi) is 7.48. The van der Waals surface area contributed by atoms with E-state index in [4.69, 9.17) is 10.00 Å². The van der Waals surface area contributed by atoms with Crippen molar-refractivity contribution in [3.05, 3.63) is 11.6 Å². The molecule has 0 amide bonds. The van der Waals surface area contributed by atoms with Crippen molar-refractivity contribution in [1.29, 1.82) is 5.26 Å². The molecule has 0 unspecified atom stereocenters. The molecule has 0 aromatic carbocycles. The molecule has 0 heterocycles. The van der Waals surface area contributed by atoms with E-state index in [1.165, 1.54) is 6.08 Å². The average molecular weight is 197 g/mol. The Balaban J connectivity index is 4.00. The zero-order valence-corrected chi connectivity index (χ0v) is 8.58. The number of nitrogens with zero attached hydrogens (tertiary/aromatic N) is 1. The van der Waals surface area contributed by atoms with Gasteiger partial charge in [0.25, 0.3) is 0 Å². The molecule has 0 saturated carbocycles. The first-order chi connectivity index (χ1) is 6.76. The second-order valence-corrected chi connectivity index (χ2v) is 2.44. The van der Waals surface area contributed by atoms with Crippen LogP contribution in [0.3, 0.4) is 0 Å². The van der Waals surface area contributed by atoms with Crippen LogP contribution in [0.15, 0.2) is 11.6 Å².